The third kappa shape index (κ3) is 2.76. The molecule has 3 aliphatic rings. The molecule has 1 aromatic rings. The zero-order chi connectivity index (χ0) is 14.2. The fourth-order valence-electron chi connectivity index (χ4n) is 3.63. The Kier molecular flexibility index (Phi) is 3.76. The summed E-state index contributed by atoms with van der Waals surface area (Å²) in [6.45, 7) is 0. The van der Waals surface area contributed by atoms with E-state index in [9.17, 15) is 4.79 Å². The minimum Gasteiger partial charge on any atom is -0.326 e. The predicted molar refractivity (Wildman–Crippen MR) is 91.6 cm³/mol. The van der Waals surface area contributed by atoms with Gasteiger partial charge in [0.25, 0.3) is 0 Å². The molecule has 3 atom stereocenters. The Morgan fingerprint density at radius 3 is 2.71 bits per heavy atom. The minimum atomic E-state index is 0.180. The van der Waals surface area contributed by atoms with Crippen LogP contribution in [0, 0.1) is 17.8 Å². The van der Waals surface area contributed by atoms with Crippen LogP contribution in [-0.2, 0) is 4.79 Å². The molecule has 2 bridgehead atoms. The van der Waals surface area contributed by atoms with Crippen LogP contribution in [0.5, 0.6) is 0 Å². The SMILES string of the molecule is O=C(Nc1cccc(C2SCCS2)c1)[C@H]1C[C@H]2C=C[C@H]1C2. The molecule has 1 N–H and O–H groups in total. The number of allylic oxidation sites excluding steroid dienone is 2. The zero-order valence-electron chi connectivity index (χ0n) is 11.8. The summed E-state index contributed by atoms with van der Waals surface area (Å²) in [6.07, 6.45) is 6.72. The Bertz CT molecular complexity index is 580. The smallest absolute Gasteiger partial charge is 0.228 e. The summed E-state index contributed by atoms with van der Waals surface area (Å²) < 4.78 is 0.535. The first kappa shape index (κ1) is 13.8. The number of anilines is 1. The van der Waals surface area contributed by atoms with Crippen molar-refractivity contribution in [1.82, 2.24) is 0 Å². The Morgan fingerprint density at radius 2 is 2.00 bits per heavy atom. The maximum absolute atomic E-state index is 12.5. The quantitative estimate of drug-likeness (QED) is 0.842. The largest absolute Gasteiger partial charge is 0.326 e. The summed E-state index contributed by atoms with van der Waals surface area (Å²) in [4.78, 5) is 12.5. The number of hydrogen-bond donors (Lipinski definition) is 1. The number of fused-ring (bicyclic) bond motifs is 2. The summed E-state index contributed by atoms with van der Waals surface area (Å²) in [6, 6.07) is 8.39. The van der Waals surface area contributed by atoms with Crippen LogP contribution in [-0.4, -0.2) is 17.4 Å². The maximum atomic E-state index is 12.5. The average Bonchev–Trinajstić information content (AvgIpc) is 3.24. The second-order valence-corrected chi connectivity index (χ2v) is 8.80. The van der Waals surface area contributed by atoms with Crippen molar-refractivity contribution in [1.29, 1.82) is 0 Å². The van der Waals surface area contributed by atoms with Gasteiger partial charge in [-0.3, -0.25) is 4.79 Å². The first-order chi connectivity index (χ1) is 10.3. The third-order valence-corrected chi connectivity index (χ3v) is 7.77. The molecule has 0 aromatic heterocycles. The van der Waals surface area contributed by atoms with Crippen LogP contribution in [0.15, 0.2) is 36.4 Å². The van der Waals surface area contributed by atoms with Crippen molar-refractivity contribution in [3.05, 3.63) is 42.0 Å². The lowest BCUT2D eigenvalue weighted by atomic mass is 9.93. The lowest BCUT2D eigenvalue weighted by Crippen LogP contribution is -2.25. The van der Waals surface area contributed by atoms with Crippen LogP contribution in [0.3, 0.4) is 0 Å². The Morgan fingerprint density at radius 1 is 1.14 bits per heavy atom. The molecule has 0 spiro atoms. The fraction of sp³-hybridized carbons (Fsp3) is 0.471. The number of carbonyl (C=O) groups excluding carboxylic acids is 1. The highest BCUT2D eigenvalue weighted by Gasteiger charge is 2.39. The van der Waals surface area contributed by atoms with E-state index in [2.05, 4.69) is 35.7 Å². The van der Waals surface area contributed by atoms with Crippen LogP contribution in [0.4, 0.5) is 5.69 Å². The van der Waals surface area contributed by atoms with Crippen molar-refractivity contribution in [2.24, 2.45) is 17.8 Å². The Labute approximate surface area is 134 Å². The van der Waals surface area contributed by atoms with Gasteiger partial charge >= 0.3 is 0 Å². The van der Waals surface area contributed by atoms with Gasteiger partial charge in [0.2, 0.25) is 5.91 Å². The minimum absolute atomic E-state index is 0.180. The molecule has 0 radical (unpaired) electrons. The topological polar surface area (TPSA) is 29.1 Å². The molecule has 2 nitrogen and oxygen atoms in total. The first-order valence-corrected chi connectivity index (χ1v) is 9.72. The number of nitrogens with one attached hydrogen (secondary N) is 1. The van der Waals surface area contributed by atoms with E-state index < -0.39 is 0 Å². The van der Waals surface area contributed by atoms with E-state index in [0.717, 1.165) is 12.1 Å². The molecule has 2 fully saturated rings. The lowest BCUT2D eigenvalue weighted by Gasteiger charge is -2.18. The number of rotatable bonds is 3. The highest BCUT2D eigenvalue weighted by molar-refractivity contribution is 8.19. The van der Waals surface area contributed by atoms with Gasteiger partial charge in [0.15, 0.2) is 0 Å². The molecule has 2 aliphatic carbocycles. The zero-order valence-corrected chi connectivity index (χ0v) is 13.5. The molecule has 1 heterocycles. The molecular weight excluding hydrogens is 298 g/mol. The molecule has 21 heavy (non-hydrogen) atoms. The standard InChI is InChI=1S/C17H19NOS2/c19-16(15-9-11-4-5-12(15)8-11)18-14-3-1-2-13(10-14)17-20-6-7-21-17/h1-5,10-12,15,17H,6-9H2,(H,18,19)/t11-,12-,15-/m0/s1. The molecule has 1 amide bonds. The van der Waals surface area contributed by atoms with Crippen molar-refractivity contribution < 1.29 is 4.79 Å². The van der Waals surface area contributed by atoms with Gasteiger partial charge in [-0.1, -0.05) is 24.3 Å². The van der Waals surface area contributed by atoms with Crippen molar-refractivity contribution in [3.63, 3.8) is 0 Å². The summed E-state index contributed by atoms with van der Waals surface area (Å²) in [5.74, 6) is 3.95. The molecule has 0 unspecified atom stereocenters. The third-order valence-electron chi connectivity index (χ3n) is 4.66. The van der Waals surface area contributed by atoms with Gasteiger partial charge in [-0.2, -0.15) is 0 Å². The van der Waals surface area contributed by atoms with E-state index in [-0.39, 0.29) is 11.8 Å². The molecule has 1 saturated carbocycles. The molecule has 110 valence electrons. The number of carbonyl (C=O) groups is 1. The van der Waals surface area contributed by atoms with Crippen LogP contribution in [0.1, 0.15) is 23.0 Å². The number of thioether (sulfide) groups is 2. The van der Waals surface area contributed by atoms with Crippen molar-refractivity contribution in [3.8, 4) is 0 Å². The van der Waals surface area contributed by atoms with Gasteiger partial charge in [0.1, 0.15) is 0 Å². The molecule has 1 saturated heterocycles. The normalized spacial score (nSPS) is 31.0. The maximum Gasteiger partial charge on any atom is 0.228 e. The molecule has 4 rings (SSSR count). The van der Waals surface area contributed by atoms with E-state index in [1.807, 2.05) is 29.6 Å². The van der Waals surface area contributed by atoms with Crippen LogP contribution in [0.25, 0.3) is 0 Å². The van der Waals surface area contributed by atoms with Gasteiger partial charge in [0.05, 0.1) is 4.58 Å². The van der Waals surface area contributed by atoms with Gasteiger partial charge in [-0.25, -0.2) is 0 Å². The van der Waals surface area contributed by atoms with Crippen molar-refractivity contribution in [2.75, 3.05) is 16.8 Å². The Balaban J connectivity index is 1.45. The molecule has 1 aliphatic heterocycles. The number of amides is 1. The average molecular weight is 317 g/mol. The lowest BCUT2D eigenvalue weighted by molar-refractivity contribution is -0.120. The van der Waals surface area contributed by atoms with Crippen LogP contribution < -0.4 is 5.32 Å². The highest BCUT2D eigenvalue weighted by Crippen LogP contribution is 2.46. The second kappa shape index (κ2) is 5.73. The highest BCUT2D eigenvalue weighted by atomic mass is 32.2. The monoisotopic (exact) mass is 317 g/mol. The first-order valence-electron chi connectivity index (χ1n) is 7.62. The van der Waals surface area contributed by atoms with E-state index >= 15 is 0 Å². The van der Waals surface area contributed by atoms with Gasteiger partial charge < -0.3 is 5.32 Å². The predicted octanol–water partition coefficient (Wildman–Crippen LogP) is 4.32. The number of hydrogen-bond acceptors (Lipinski definition) is 3. The van der Waals surface area contributed by atoms with Crippen molar-refractivity contribution in [2.45, 2.75) is 17.4 Å². The summed E-state index contributed by atoms with van der Waals surface area (Å²) >= 11 is 4.00. The summed E-state index contributed by atoms with van der Waals surface area (Å²) in [5.41, 5.74) is 2.28. The van der Waals surface area contributed by atoms with Crippen LogP contribution >= 0.6 is 23.5 Å². The van der Waals surface area contributed by atoms with Gasteiger partial charge in [-0.15, -0.1) is 23.5 Å². The summed E-state index contributed by atoms with van der Waals surface area (Å²) in [7, 11) is 0. The van der Waals surface area contributed by atoms with E-state index in [0.29, 0.717) is 16.4 Å². The summed E-state index contributed by atoms with van der Waals surface area (Å²) in [5, 5.41) is 3.14. The molecule has 1 aromatic carbocycles. The van der Waals surface area contributed by atoms with Gasteiger partial charge in [-0.05, 0) is 42.4 Å². The second-order valence-electron chi connectivity index (χ2n) is 6.07. The molecule has 4 heteroatoms. The van der Waals surface area contributed by atoms with E-state index in [1.54, 1.807) is 0 Å². The fourth-order valence-corrected chi connectivity index (χ4v) is 6.47. The molecular formula is C17H19NOS2. The van der Waals surface area contributed by atoms with Crippen LogP contribution in [0.2, 0.25) is 0 Å². The van der Waals surface area contributed by atoms with Gasteiger partial charge in [0, 0.05) is 23.1 Å². The van der Waals surface area contributed by atoms with E-state index in [1.165, 1.54) is 23.5 Å². The van der Waals surface area contributed by atoms with Crippen molar-refractivity contribution >= 4 is 35.1 Å². The number of benzene rings is 1. The Hall–Kier alpha value is -0.870. The van der Waals surface area contributed by atoms with E-state index in [4.69, 9.17) is 0 Å².